The first-order valence-corrected chi connectivity index (χ1v) is 10.7. The van der Waals surface area contributed by atoms with E-state index in [4.69, 9.17) is 9.26 Å². The van der Waals surface area contributed by atoms with Crippen LogP contribution in [0.5, 0.6) is 0 Å². The molecule has 0 bridgehead atoms. The minimum atomic E-state index is -0.413. The molecule has 0 unspecified atom stereocenters. The van der Waals surface area contributed by atoms with Gasteiger partial charge in [0, 0.05) is 30.0 Å². The van der Waals surface area contributed by atoms with Gasteiger partial charge in [-0.25, -0.2) is 14.4 Å². The number of rotatable bonds is 6. The summed E-state index contributed by atoms with van der Waals surface area (Å²) in [5, 5.41) is 9.64. The molecule has 2 aromatic carbocycles. The van der Waals surface area contributed by atoms with E-state index in [1.165, 1.54) is 18.3 Å². The highest BCUT2D eigenvalue weighted by Crippen LogP contribution is 2.30. The fourth-order valence-corrected chi connectivity index (χ4v) is 3.67. The maximum atomic E-state index is 14.8. The van der Waals surface area contributed by atoms with Crippen LogP contribution in [0.3, 0.4) is 0 Å². The van der Waals surface area contributed by atoms with Gasteiger partial charge in [0.2, 0.25) is 11.9 Å². The zero-order valence-corrected chi connectivity index (χ0v) is 18.1. The van der Waals surface area contributed by atoms with E-state index in [9.17, 15) is 9.18 Å². The van der Waals surface area contributed by atoms with Crippen molar-refractivity contribution < 1.29 is 18.4 Å². The molecule has 3 heterocycles. The Morgan fingerprint density at radius 1 is 1.18 bits per heavy atom. The first kappa shape index (κ1) is 21.5. The molecule has 2 aromatic heterocycles. The highest BCUT2D eigenvalue weighted by atomic mass is 19.1. The van der Waals surface area contributed by atoms with Crippen molar-refractivity contribution in [2.75, 3.05) is 41.8 Å². The zero-order valence-electron chi connectivity index (χ0n) is 18.1. The number of morpholine rings is 1. The second-order valence-corrected chi connectivity index (χ2v) is 7.60. The first-order valence-electron chi connectivity index (χ1n) is 10.7. The lowest BCUT2D eigenvalue weighted by molar-refractivity contribution is -0.111. The molecule has 0 saturated carbocycles. The molecule has 5 rings (SSSR count). The maximum Gasteiger partial charge on any atom is 0.247 e. The summed E-state index contributed by atoms with van der Waals surface area (Å²) in [6.45, 7) is 6.15. The quantitative estimate of drug-likeness (QED) is 0.414. The number of fused-ring (bicyclic) bond motifs is 1. The number of halogens is 1. The average molecular weight is 460 g/mol. The molecule has 10 heteroatoms. The van der Waals surface area contributed by atoms with Crippen LogP contribution in [0.2, 0.25) is 0 Å². The number of benzene rings is 2. The molecule has 1 aliphatic rings. The van der Waals surface area contributed by atoms with Gasteiger partial charge in [-0.05, 0) is 36.4 Å². The summed E-state index contributed by atoms with van der Waals surface area (Å²) in [5.41, 5.74) is 3.19. The molecule has 1 amide bonds. The molecular formula is C24H21FN6O3. The second-order valence-electron chi connectivity index (χ2n) is 7.60. The third-order valence-electron chi connectivity index (χ3n) is 5.37. The van der Waals surface area contributed by atoms with Crippen LogP contribution in [0.4, 0.5) is 27.4 Å². The van der Waals surface area contributed by atoms with Crippen molar-refractivity contribution in [1.82, 2.24) is 15.1 Å². The number of carbonyl (C=O) groups excluding carboxylic acids is 1. The van der Waals surface area contributed by atoms with Crippen molar-refractivity contribution >= 4 is 40.0 Å². The van der Waals surface area contributed by atoms with Gasteiger partial charge in [0.05, 0.1) is 25.1 Å². The van der Waals surface area contributed by atoms with Crippen LogP contribution in [0, 0.1) is 5.82 Å². The number of amides is 1. The highest BCUT2D eigenvalue weighted by molar-refractivity contribution is 5.99. The van der Waals surface area contributed by atoms with E-state index in [2.05, 4.69) is 37.2 Å². The van der Waals surface area contributed by atoms with E-state index in [1.807, 2.05) is 12.1 Å². The van der Waals surface area contributed by atoms with Crippen molar-refractivity contribution in [2.45, 2.75) is 0 Å². The summed E-state index contributed by atoms with van der Waals surface area (Å²) < 4.78 is 25.7. The molecule has 0 aliphatic carbocycles. The molecule has 9 nitrogen and oxygen atoms in total. The summed E-state index contributed by atoms with van der Waals surface area (Å²) in [6, 6.07) is 12.1. The standard InChI is InChI=1S/C24H21FN6O3/c1-2-21(32)27-16-5-3-4-15(12-16)23-22-20(30-34-23)14-26-24(29-22)28-19-7-6-17(13-18(19)25)31-8-10-33-11-9-31/h2-7,12-14H,1,8-11H2,(H,27,32)(H,28,29). The second kappa shape index (κ2) is 9.28. The SMILES string of the molecule is C=CC(=O)Nc1cccc(-c2onc3cnc(Nc4ccc(N5CCOCC5)cc4F)nc23)c1. The summed E-state index contributed by atoms with van der Waals surface area (Å²) in [4.78, 5) is 22.4. The van der Waals surface area contributed by atoms with Gasteiger partial charge in [0.15, 0.2) is 11.3 Å². The van der Waals surface area contributed by atoms with Gasteiger partial charge < -0.3 is 24.8 Å². The molecule has 0 atom stereocenters. The fraction of sp³-hybridized carbons (Fsp3) is 0.167. The van der Waals surface area contributed by atoms with Crippen LogP contribution in [0.25, 0.3) is 22.4 Å². The number of anilines is 4. The molecule has 34 heavy (non-hydrogen) atoms. The van der Waals surface area contributed by atoms with Crippen LogP contribution in [0.1, 0.15) is 0 Å². The number of aromatic nitrogens is 3. The van der Waals surface area contributed by atoms with E-state index < -0.39 is 5.82 Å². The van der Waals surface area contributed by atoms with Crippen LogP contribution >= 0.6 is 0 Å². The largest absolute Gasteiger partial charge is 0.378 e. The topological polar surface area (TPSA) is 105 Å². The van der Waals surface area contributed by atoms with Gasteiger partial charge in [-0.15, -0.1) is 0 Å². The lowest BCUT2D eigenvalue weighted by Crippen LogP contribution is -2.36. The summed E-state index contributed by atoms with van der Waals surface area (Å²) in [7, 11) is 0. The van der Waals surface area contributed by atoms with Crippen molar-refractivity contribution in [3.05, 3.63) is 67.1 Å². The first-order chi connectivity index (χ1) is 16.6. The van der Waals surface area contributed by atoms with Gasteiger partial charge in [0.25, 0.3) is 0 Å². The van der Waals surface area contributed by atoms with E-state index in [1.54, 1.807) is 24.3 Å². The highest BCUT2D eigenvalue weighted by Gasteiger charge is 2.17. The molecule has 1 aliphatic heterocycles. The normalized spacial score (nSPS) is 13.6. The Morgan fingerprint density at radius 2 is 2.03 bits per heavy atom. The van der Waals surface area contributed by atoms with Crippen molar-refractivity contribution in [1.29, 1.82) is 0 Å². The van der Waals surface area contributed by atoms with E-state index >= 15 is 0 Å². The monoisotopic (exact) mass is 460 g/mol. The van der Waals surface area contributed by atoms with E-state index in [0.29, 0.717) is 41.3 Å². The maximum absolute atomic E-state index is 14.8. The van der Waals surface area contributed by atoms with Gasteiger partial charge in [0.1, 0.15) is 11.3 Å². The molecule has 0 radical (unpaired) electrons. The number of hydrogen-bond donors (Lipinski definition) is 2. The van der Waals surface area contributed by atoms with Crippen LogP contribution in [0.15, 0.2) is 65.8 Å². The third-order valence-corrected chi connectivity index (χ3v) is 5.37. The Hall–Kier alpha value is -4.31. The summed E-state index contributed by atoms with van der Waals surface area (Å²) in [6.07, 6.45) is 2.69. The molecule has 1 saturated heterocycles. The Kier molecular flexibility index (Phi) is 5.88. The minimum absolute atomic E-state index is 0.200. The van der Waals surface area contributed by atoms with Crippen molar-refractivity contribution in [3.63, 3.8) is 0 Å². The average Bonchev–Trinajstić information content (AvgIpc) is 3.29. The Bertz CT molecular complexity index is 1370. The van der Waals surface area contributed by atoms with Crippen LogP contribution < -0.4 is 15.5 Å². The van der Waals surface area contributed by atoms with Gasteiger partial charge >= 0.3 is 0 Å². The fourth-order valence-electron chi connectivity index (χ4n) is 3.67. The minimum Gasteiger partial charge on any atom is -0.378 e. The lowest BCUT2D eigenvalue weighted by atomic mass is 10.1. The predicted molar refractivity (Wildman–Crippen MR) is 127 cm³/mol. The smallest absolute Gasteiger partial charge is 0.247 e. The van der Waals surface area contributed by atoms with Crippen LogP contribution in [-0.2, 0) is 9.53 Å². The number of hydrogen-bond acceptors (Lipinski definition) is 8. The molecular weight excluding hydrogens is 439 g/mol. The van der Waals surface area contributed by atoms with Gasteiger partial charge in [-0.1, -0.05) is 23.9 Å². The van der Waals surface area contributed by atoms with Crippen molar-refractivity contribution in [3.8, 4) is 11.3 Å². The molecule has 0 spiro atoms. The Labute approximate surface area is 194 Å². The number of nitrogens with zero attached hydrogens (tertiary/aromatic N) is 4. The van der Waals surface area contributed by atoms with Gasteiger partial charge in [-0.2, -0.15) is 0 Å². The number of ether oxygens (including phenoxy) is 1. The molecule has 1 fully saturated rings. The van der Waals surface area contributed by atoms with Crippen LogP contribution in [-0.4, -0.2) is 47.3 Å². The van der Waals surface area contributed by atoms with Crippen molar-refractivity contribution in [2.24, 2.45) is 0 Å². The molecule has 172 valence electrons. The van der Waals surface area contributed by atoms with Gasteiger partial charge in [-0.3, -0.25) is 4.79 Å². The summed E-state index contributed by atoms with van der Waals surface area (Å²) >= 11 is 0. The number of nitrogens with one attached hydrogen (secondary N) is 2. The predicted octanol–water partition coefficient (Wildman–Crippen LogP) is 4.13. The Balaban J connectivity index is 1.41. The lowest BCUT2D eigenvalue weighted by Gasteiger charge is -2.29. The molecule has 4 aromatic rings. The molecule has 2 N–H and O–H groups in total. The van der Waals surface area contributed by atoms with E-state index in [0.717, 1.165) is 18.8 Å². The number of carbonyl (C=O) groups is 1. The Morgan fingerprint density at radius 3 is 2.82 bits per heavy atom. The zero-order chi connectivity index (χ0) is 23.5. The summed E-state index contributed by atoms with van der Waals surface area (Å²) in [5.74, 6) is -0.136. The third kappa shape index (κ3) is 4.44. The van der Waals surface area contributed by atoms with E-state index in [-0.39, 0.29) is 17.5 Å².